The fourth-order valence-electron chi connectivity index (χ4n) is 2.64. The van der Waals surface area contributed by atoms with Gasteiger partial charge in [0.05, 0.1) is 11.5 Å². The third kappa shape index (κ3) is 2.57. The lowest BCUT2D eigenvalue weighted by Crippen LogP contribution is -2.35. The fraction of sp³-hybridized carbons (Fsp3) is 0.235. The molecular weight excluding hydrogens is 314 g/mol. The molecule has 1 heterocycles. The van der Waals surface area contributed by atoms with Gasteiger partial charge in [-0.2, -0.15) is 5.26 Å². The molecule has 0 N–H and O–H groups in total. The molecule has 100 valence electrons. The molecule has 1 aliphatic rings. The first-order chi connectivity index (χ1) is 9.71. The highest BCUT2D eigenvalue weighted by Crippen LogP contribution is 2.36. The molecule has 2 aromatic rings. The molecule has 0 saturated carbocycles. The van der Waals surface area contributed by atoms with E-state index in [0.717, 1.165) is 27.8 Å². The van der Waals surface area contributed by atoms with Crippen LogP contribution >= 0.6 is 15.9 Å². The number of benzene rings is 2. The first-order valence-electron chi connectivity index (χ1n) is 6.57. The Kier molecular flexibility index (Phi) is 3.50. The quantitative estimate of drug-likeness (QED) is 0.830. The standard InChI is InChI=1S/C17H14BrNO/c18-15-7-5-13(6-8-15)9-17(11-19)10-14-3-1-2-4-16(14)20-12-17/h1-8H,9-10,12H2. The van der Waals surface area contributed by atoms with Gasteiger partial charge in [-0.15, -0.1) is 0 Å². The van der Waals surface area contributed by atoms with Crippen molar-refractivity contribution in [2.24, 2.45) is 5.41 Å². The number of ether oxygens (including phenoxy) is 1. The average molecular weight is 328 g/mol. The molecule has 20 heavy (non-hydrogen) atoms. The van der Waals surface area contributed by atoms with Crippen LogP contribution in [-0.4, -0.2) is 6.61 Å². The van der Waals surface area contributed by atoms with Crippen molar-refractivity contribution in [2.45, 2.75) is 12.8 Å². The maximum Gasteiger partial charge on any atom is 0.122 e. The smallest absolute Gasteiger partial charge is 0.122 e. The molecule has 1 aliphatic heterocycles. The zero-order valence-electron chi connectivity index (χ0n) is 11.0. The highest BCUT2D eigenvalue weighted by atomic mass is 79.9. The lowest BCUT2D eigenvalue weighted by Gasteiger charge is -2.32. The molecule has 2 nitrogen and oxygen atoms in total. The van der Waals surface area contributed by atoms with Crippen LogP contribution in [0.3, 0.4) is 0 Å². The van der Waals surface area contributed by atoms with E-state index in [2.05, 4.69) is 34.1 Å². The molecule has 2 aromatic carbocycles. The van der Waals surface area contributed by atoms with Gasteiger partial charge in [0.1, 0.15) is 12.4 Å². The van der Waals surface area contributed by atoms with Crippen molar-refractivity contribution in [1.82, 2.24) is 0 Å². The Morgan fingerprint density at radius 3 is 2.65 bits per heavy atom. The predicted octanol–water partition coefficient (Wildman–Crippen LogP) is 4.14. The van der Waals surface area contributed by atoms with E-state index in [-0.39, 0.29) is 0 Å². The van der Waals surface area contributed by atoms with Crippen LogP contribution < -0.4 is 4.74 Å². The van der Waals surface area contributed by atoms with E-state index in [1.54, 1.807) is 0 Å². The Labute approximate surface area is 127 Å². The van der Waals surface area contributed by atoms with Crippen LogP contribution in [0.25, 0.3) is 0 Å². The van der Waals surface area contributed by atoms with Crippen LogP contribution in [0.4, 0.5) is 0 Å². The summed E-state index contributed by atoms with van der Waals surface area (Å²) in [4.78, 5) is 0. The van der Waals surface area contributed by atoms with Gasteiger partial charge >= 0.3 is 0 Å². The van der Waals surface area contributed by atoms with Crippen LogP contribution in [0.2, 0.25) is 0 Å². The first kappa shape index (κ1) is 13.2. The molecular formula is C17H14BrNO. The monoisotopic (exact) mass is 327 g/mol. The second-order valence-electron chi connectivity index (χ2n) is 5.27. The molecule has 0 saturated heterocycles. The van der Waals surface area contributed by atoms with Gasteiger partial charge in [0.2, 0.25) is 0 Å². The Morgan fingerprint density at radius 2 is 1.90 bits per heavy atom. The van der Waals surface area contributed by atoms with Crippen LogP contribution in [0.1, 0.15) is 11.1 Å². The highest BCUT2D eigenvalue weighted by Gasteiger charge is 2.36. The summed E-state index contributed by atoms with van der Waals surface area (Å²) in [5.74, 6) is 0.911. The van der Waals surface area contributed by atoms with Crippen LogP contribution in [0.5, 0.6) is 5.75 Å². The molecule has 0 aliphatic carbocycles. The Morgan fingerprint density at radius 1 is 1.15 bits per heavy atom. The lowest BCUT2D eigenvalue weighted by atomic mass is 9.77. The predicted molar refractivity (Wildman–Crippen MR) is 81.5 cm³/mol. The number of nitrogens with zero attached hydrogens (tertiary/aromatic N) is 1. The number of hydrogen-bond donors (Lipinski definition) is 0. The molecule has 1 unspecified atom stereocenters. The van der Waals surface area contributed by atoms with Gasteiger partial charge in [-0.25, -0.2) is 0 Å². The van der Waals surface area contributed by atoms with Crippen molar-refractivity contribution in [3.63, 3.8) is 0 Å². The van der Waals surface area contributed by atoms with Crippen LogP contribution in [-0.2, 0) is 12.8 Å². The highest BCUT2D eigenvalue weighted by molar-refractivity contribution is 9.10. The van der Waals surface area contributed by atoms with Crippen molar-refractivity contribution in [3.8, 4) is 11.8 Å². The maximum absolute atomic E-state index is 9.64. The van der Waals surface area contributed by atoms with E-state index in [1.165, 1.54) is 0 Å². The largest absolute Gasteiger partial charge is 0.492 e. The Hall–Kier alpha value is -1.79. The maximum atomic E-state index is 9.64. The average Bonchev–Trinajstić information content (AvgIpc) is 2.49. The molecule has 0 radical (unpaired) electrons. The summed E-state index contributed by atoms with van der Waals surface area (Å²) in [6.07, 6.45) is 1.46. The Balaban J connectivity index is 1.87. The minimum atomic E-state index is -0.470. The number of halogens is 1. The summed E-state index contributed by atoms with van der Waals surface area (Å²) in [7, 11) is 0. The summed E-state index contributed by atoms with van der Waals surface area (Å²) >= 11 is 3.43. The topological polar surface area (TPSA) is 33.0 Å². The number of para-hydroxylation sites is 1. The van der Waals surface area contributed by atoms with Crippen molar-refractivity contribution < 1.29 is 4.74 Å². The second kappa shape index (κ2) is 5.30. The van der Waals surface area contributed by atoms with E-state index >= 15 is 0 Å². The normalized spacial score (nSPS) is 20.6. The summed E-state index contributed by atoms with van der Waals surface area (Å²) in [6, 6.07) is 18.6. The summed E-state index contributed by atoms with van der Waals surface area (Å²) < 4.78 is 6.85. The minimum absolute atomic E-state index is 0.455. The molecule has 3 heteroatoms. The summed E-state index contributed by atoms with van der Waals surface area (Å²) in [5.41, 5.74) is 1.82. The van der Waals surface area contributed by atoms with Gasteiger partial charge in [-0.05, 0) is 42.2 Å². The number of nitriles is 1. The summed E-state index contributed by atoms with van der Waals surface area (Å²) in [6.45, 7) is 0.455. The van der Waals surface area contributed by atoms with Crippen molar-refractivity contribution >= 4 is 15.9 Å². The van der Waals surface area contributed by atoms with Gasteiger partial charge in [0.25, 0.3) is 0 Å². The molecule has 0 spiro atoms. The third-order valence-corrected chi connectivity index (χ3v) is 4.23. The molecule has 3 rings (SSSR count). The second-order valence-corrected chi connectivity index (χ2v) is 6.18. The van der Waals surface area contributed by atoms with Crippen molar-refractivity contribution in [2.75, 3.05) is 6.61 Å². The molecule has 1 atom stereocenters. The zero-order chi connectivity index (χ0) is 14.0. The van der Waals surface area contributed by atoms with Crippen molar-refractivity contribution in [3.05, 3.63) is 64.1 Å². The third-order valence-electron chi connectivity index (χ3n) is 3.70. The first-order valence-corrected chi connectivity index (χ1v) is 7.36. The summed E-state index contributed by atoms with van der Waals surface area (Å²) in [5, 5.41) is 9.64. The van der Waals surface area contributed by atoms with E-state index in [0.29, 0.717) is 13.0 Å². The SMILES string of the molecule is N#CC1(Cc2ccc(Br)cc2)COc2ccccc2C1. The molecule has 0 amide bonds. The Bertz CT molecular complexity index is 659. The van der Waals surface area contributed by atoms with Gasteiger partial charge in [0, 0.05) is 4.47 Å². The van der Waals surface area contributed by atoms with Gasteiger partial charge < -0.3 is 4.74 Å². The van der Waals surface area contributed by atoms with Gasteiger partial charge in [-0.3, -0.25) is 0 Å². The van der Waals surface area contributed by atoms with E-state index in [4.69, 9.17) is 4.74 Å². The van der Waals surface area contributed by atoms with E-state index in [9.17, 15) is 5.26 Å². The molecule has 0 fully saturated rings. The number of hydrogen-bond acceptors (Lipinski definition) is 2. The molecule has 0 bridgehead atoms. The van der Waals surface area contributed by atoms with Gasteiger partial charge in [-0.1, -0.05) is 46.3 Å². The van der Waals surface area contributed by atoms with Crippen molar-refractivity contribution in [1.29, 1.82) is 5.26 Å². The molecule has 0 aromatic heterocycles. The van der Waals surface area contributed by atoms with E-state index < -0.39 is 5.41 Å². The van der Waals surface area contributed by atoms with Gasteiger partial charge in [0.15, 0.2) is 0 Å². The fourth-order valence-corrected chi connectivity index (χ4v) is 2.90. The lowest BCUT2D eigenvalue weighted by molar-refractivity contribution is 0.169. The van der Waals surface area contributed by atoms with Crippen LogP contribution in [0.15, 0.2) is 53.0 Å². The van der Waals surface area contributed by atoms with E-state index in [1.807, 2.05) is 36.4 Å². The zero-order valence-corrected chi connectivity index (χ0v) is 12.6. The minimum Gasteiger partial charge on any atom is -0.492 e. The number of fused-ring (bicyclic) bond motifs is 1. The number of rotatable bonds is 2. The van der Waals surface area contributed by atoms with Crippen LogP contribution in [0, 0.1) is 16.7 Å².